The second-order valence-electron chi connectivity index (χ2n) is 4.64. The summed E-state index contributed by atoms with van der Waals surface area (Å²) < 4.78 is 36.6. The maximum Gasteiger partial charge on any atom is 0.401 e. The number of rotatable bonds is 4. The topological polar surface area (TPSA) is 53.6 Å². The lowest BCUT2D eigenvalue weighted by molar-refractivity contribution is -0.143. The monoisotopic (exact) mass is 264 g/mol. The van der Waals surface area contributed by atoms with Gasteiger partial charge in [0.25, 0.3) is 0 Å². The highest BCUT2D eigenvalue weighted by molar-refractivity contribution is 5.78. The summed E-state index contributed by atoms with van der Waals surface area (Å²) in [5, 5.41) is 2.93. The molecule has 0 aromatic rings. The molecule has 1 atom stereocenters. The second kappa shape index (κ2) is 6.08. The predicted molar refractivity (Wildman–Crippen MR) is 65.3 cm³/mol. The molecule has 4 nitrogen and oxygen atoms in total. The van der Waals surface area contributed by atoms with E-state index in [9.17, 15) is 13.2 Å². The largest absolute Gasteiger partial charge is 0.401 e. The number of halogens is 3. The van der Waals surface area contributed by atoms with Crippen LogP contribution in [0.2, 0.25) is 0 Å². The summed E-state index contributed by atoms with van der Waals surface area (Å²) >= 11 is 0. The van der Waals surface area contributed by atoms with Crippen LogP contribution in [-0.4, -0.2) is 49.3 Å². The van der Waals surface area contributed by atoms with Crippen molar-refractivity contribution in [1.29, 1.82) is 0 Å². The highest BCUT2D eigenvalue weighted by Gasteiger charge is 2.34. The summed E-state index contributed by atoms with van der Waals surface area (Å²) in [6, 6.07) is -0.0683. The van der Waals surface area contributed by atoms with Crippen molar-refractivity contribution in [3.05, 3.63) is 12.2 Å². The Balaban J connectivity index is 2.34. The quantitative estimate of drug-likeness (QED) is 0.454. The third kappa shape index (κ3) is 5.90. The van der Waals surface area contributed by atoms with Gasteiger partial charge in [0.1, 0.15) is 0 Å². The number of nitrogens with one attached hydrogen (secondary N) is 1. The van der Waals surface area contributed by atoms with E-state index in [0.29, 0.717) is 26.1 Å². The fourth-order valence-corrected chi connectivity index (χ4v) is 1.82. The summed E-state index contributed by atoms with van der Waals surface area (Å²) in [5.41, 5.74) is 6.51. The van der Waals surface area contributed by atoms with Gasteiger partial charge in [-0.05, 0) is 13.3 Å². The molecule has 3 N–H and O–H groups in total. The van der Waals surface area contributed by atoms with Crippen molar-refractivity contribution in [1.82, 2.24) is 10.2 Å². The Bertz CT molecular complexity index is 325. The lowest BCUT2D eigenvalue weighted by Crippen LogP contribution is -2.42. The van der Waals surface area contributed by atoms with Gasteiger partial charge in [0.2, 0.25) is 0 Å². The summed E-state index contributed by atoms with van der Waals surface area (Å²) in [6.07, 6.45) is -3.51. The standard InChI is InChI=1S/C11H19F3N4/c1-8(2)5-16-10(15)17-9-3-4-18(6-9)7-11(12,13)14/h9H,1,3-7H2,2H3,(H3,15,16,17)/t9-/m0/s1. The molecule has 0 aromatic heterocycles. The van der Waals surface area contributed by atoms with Gasteiger partial charge in [0, 0.05) is 19.1 Å². The summed E-state index contributed by atoms with van der Waals surface area (Å²) in [7, 11) is 0. The average molecular weight is 264 g/mol. The van der Waals surface area contributed by atoms with E-state index < -0.39 is 12.7 Å². The molecule has 0 radical (unpaired) electrons. The minimum atomic E-state index is -4.14. The van der Waals surface area contributed by atoms with Crippen LogP contribution >= 0.6 is 0 Å². The zero-order chi connectivity index (χ0) is 13.8. The fraction of sp³-hybridized carbons (Fsp3) is 0.727. The maximum atomic E-state index is 12.2. The fourth-order valence-electron chi connectivity index (χ4n) is 1.82. The van der Waals surface area contributed by atoms with Crippen LogP contribution in [0.5, 0.6) is 0 Å². The first-order valence-electron chi connectivity index (χ1n) is 5.76. The van der Waals surface area contributed by atoms with Crippen molar-refractivity contribution < 1.29 is 13.2 Å². The number of hydrogen-bond acceptors (Lipinski definition) is 2. The molecule has 0 spiro atoms. The molecule has 104 valence electrons. The van der Waals surface area contributed by atoms with Crippen LogP contribution in [0, 0.1) is 0 Å². The zero-order valence-corrected chi connectivity index (χ0v) is 10.4. The molecule has 18 heavy (non-hydrogen) atoms. The van der Waals surface area contributed by atoms with Crippen molar-refractivity contribution >= 4 is 5.96 Å². The molecule has 1 fully saturated rings. The summed E-state index contributed by atoms with van der Waals surface area (Å²) in [5.74, 6) is 0.261. The van der Waals surface area contributed by atoms with Gasteiger partial charge in [0.05, 0.1) is 13.1 Å². The molecule has 0 amide bonds. The summed E-state index contributed by atoms with van der Waals surface area (Å²) in [4.78, 5) is 5.39. The lowest BCUT2D eigenvalue weighted by Gasteiger charge is -2.18. The number of nitrogens with zero attached hydrogens (tertiary/aromatic N) is 2. The predicted octanol–water partition coefficient (Wildman–Crippen LogP) is 1.10. The first-order chi connectivity index (χ1) is 8.26. The highest BCUT2D eigenvalue weighted by Crippen LogP contribution is 2.19. The van der Waals surface area contributed by atoms with Crippen LogP contribution in [0.15, 0.2) is 17.1 Å². The number of aliphatic imine (C=N–C) groups is 1. The number of alkyl halides is 3. The van der Waals surface area contributed by atoms with E-state index in [1.54, 1.807) is 0 Å². The molecule has 1 aliphatic rings. The molecule has 1 rings (SSSR count). The van der Waals surface area contributed by atoms with Gasteiger partial charge in [0.15, 0.2) is 5.96 Å². The number of hydrogen-bond donors (Lipinski definition) is 2. The number of nitrogens with two attached hydrogens (primary N) is 1. The SMILES string of the molecule is C=C(C)CN=C(N)N[C@H]1CCN(CC(F)(F)F)C1. The van der Waals surface area contributed by atoms with Crippen LogP contribution in [0.25, 0.3) is 0 Å². The molecular weight excluding hydrogens is 245 g/mol. The van der Waals surface area contributed by atoms with Crippen molar-refractivity contribution in [2.75, 3.05) is 26.2 Å². The molecule has 7 heteroatoms. The minimum Gasteiger partial charge on any atom is -0.370 e. The molecule has 1 aliphatic heterocycles. The van der Waals surface area contributed by atoms with Gasteiger partial charge in [-0.3, -0.25) is 4.90 Å². The number of guanidine groups is 1. The van der Waals surface area contributed by atoms with E-state index in [-0.39, 0.29) is 12.0 Å². The Morgan fingerprint density at radius 1 is 1.56 bits per heavy atom. The second-order valence-corrected chi connectivity index (χ2v) is 4.64. The van der Waals surface area contributed by atoms with E-state index >= 15 is 0 Å². The smallest absolute Gasteiger partial charge is 0.370 e. The molecular formula is C11H19F3N4. The van der Waals surface area contributed by atoms with Gasteiger partial charge in [-0.25, -0.2) is 4.99 Å². The third-order valence-corrected chi connectivity index (χ3v) is 2.55. The lowest BCUT2D eigenvalue weighted by atomic mass is 10.3. The Labute approximate surface area is 105 Å². The van der Waals surface area contributed by atoms with Crippen LogP contribution < -0.4 is 11.1 Å². The molecule has 1 saturated heterocycles. The average Bonchev–Trinajstić information content (AvgIpc) is 2.59. The molecule has 1 heterocycles. The molecule has 0 aliphatic carbocycles. The number of likely N-dealkylation sites (tertiary alicyclic amines) is 1. The Morgan fingerprint density at radius 2 is 2.22 bits per heavy atom. The summed E-state index contributed by atoms with van der Waals surface area (Å²) in [6.45, 7) is 5.84. The molecule has 0 bridgehead atoms. The molecule has 0 aromatic carbocycles. The van der Waals surface area contributed by atoms with Gasteiger partial charge in [-0.1, -0.05) is 12.2 Å². The Morgan fingerprint density at radius 3 is 2.78 bits per heavy atom. The van der Waals surface area contributed by atoms with E-state index in [1.807, 2.05) is 6.92 Å². The maximum absolute atomic E-state index is 12.2. The first-order valence-corrected chi connectivity index (χ1v) is 5.76. The van der Waals surface area contributed by atoms with Crippen LogP contribution in [0.4, 0.5) is 13.2 Å². The van der Waals surface area contributed by atoms with Crippen LogP contribution in [0.1, 0.15) is 13.3 Å². The highest BCUT2D eigenvalue weighted by atomic mass is 19.4. The molecule has 0 unspecified atom stereocenters. The van der Waals surface area contributed by atoms with E-state index in [1.165, 1.54) is 4.90 Å². The van der Waals surface area contributed by atoms with E-state index in [4.69, 9.17) is 5.73 Å². The van der Waals surface area contributed by atoms with Gasteiger partial charge in [-0.15, -0.1) is 0 Å². The third-order valence-electron chi connectivity index (χ3n) is 2.55. The normalized spacial score (nSPS) is 22.2. The van der Waals surface area contributed by atoms with E-state index in [0.717, 1.165) is 5.57 Å². The van der Waals surface area contributed by atoms with Gasteiger partial charge < -0.3 is 11.1 Å². The van der Waals surface area contributed by atoms with Crippen LogP contribution in [-0.2, 0) is 0 Å². The zero-order valence-electron chi connectivity index (χ0n) is 10.4. The van der Waals surface area contributed by atoms with Gasteiger partial charge in [-0.2, -0.15) is 13.2 Å². The van der Waals surface area contributed by atoms with Crippen molar-refractivity contribution in [3.8, 4) is 0 Å². The van der Waals surface area contributed by atoms with Crippen molar-refractivity contribution in [3.63, 3.8) is 0 Å². The minimum absolute atomic E-state index is 0.0683. The van der Waals surface area contributed by atoms with Crippen molar-refractivity contribution in [2.24, 2.45) is 10.7 Å². The van der Waals surface area contributed by atoms with Crippen molar-refractivity contribution in [2.45, 2.75) is 25.6 Å². The molecule has 0 saturated carbocycles. The van der Waals surface area contributed by atoms with Gasteiger partial charge >= 0.3 is 6.18 Å². The Hall–Kier alpha value is -1.24. The Kier molecular flexibility index (Phi) is 5.01. The van der Waals surface area contributed by atoms with Crippen LogP contribution in [0.3, 0.4) is 0 Å². The van der Waals surface area contributed by atoms with E-state index in [2.05, 4.69) is 16.9 Å². The first kappa shape index (κ1) is 14.8.